The summed E-state index contributed by atoms with van der Waals surface area (Å²) in [6, 6.07) is 19.2. The molecule has 4 rings (SSSR count). The minimum atomic E-state index is -0.270. The third-order valence-corrected chi connectivity index (χ3v) is 6.03. The highest BCUT2D eigenvalue weighted by Crippen LogP contribution is 2.31. The SMILES string of the molecule is CCC(O)Cc1ccc(-c2cc3ccccc3c(N3CCN(CC)CC3)n2)cc1. The molecule has 0 saturated carbocycles. The summed E-state index contributed by atoms with van der Waals surface area (Å²) in [7, 11) is 0. The van der Waals surface area contributed by atoms with Crippen molar-refractivity contribution in [1.82, 2.24) is 9.88 Å². The molecule has 0 aliphatic carbocycles. The number of anilines is 1. The van der Waals surface area contributed by atoms with Gasteiger partial charge in [-0.3, -0.25) is 0 Å². The maximum absolute atomic E-state index is 9.91. The number of hydrogen-bond donors (Lipinski definition) is 1. The maximum Gasteiger partial charge on any atom is 0.137 e. The highest BCUT2D eigenvalue weighted by molar-refractivity contribution is 5.95. The van der Waals surface area contributed by atoms with Crippen LogP contribution in [0.25, 0.3) is 22.0 Å². The summed E-state index contributed by atoms with van der Waals surface area (Å²) >= 11 is 0. The quantitative estimate of drug-likeness (QED) is 0.680. The first kappa shape index (κ1) is 19.9. The Kier molecular flexibility index (Phi) is 6.12. The normalized spacial score (nSPS) is 16.3. The van der Waals surface area contributed by atoms with Crippen LogP contribution < -0.4 is 4.90 Å². The largest absolute Gasteiger partial charge is 0.393 e. The van der Waals surface area contributed by atoms with Crippen LogP contribution in [-0.2, 0) is 6.42 Å². The van der Waals surface area contributed by atoms with E-state index in [9.17, 15) is 5.11 Å². The van der Waals surface area contributed by atoms with Crippen LogP contribution in [0.1, 0.15) is 25.8 Å². The van der Waals surface area contributed by atoms with E-state index in [4.69, 9.17) is 4.98 Å². The third-order valence-electron chi connectivity index (χ3n) is 6.03. The van der Waals surface area contributed by atoms with Crippen LogP contribution in [0.2, 0.25) is 0 Å². The number of pyridine rings is 1. The second kappa shape index (κ2) is 8.93. The molecule has 0 amide bonds. The molecule has 29 heavy (non-hydrogen) atoms. The molecule has 4 nitrogen and oxygen atoms in total. The second-order valence-electron chi connectivity index (χ2n) is 7.94. The fourth-order valence-electron chi connectivity index (χ4n) is 4.07. The topological polar surface area (TPSA) is 39.6 Å². The van der Waals surface area contributed by atoms with Crippen molar-refractivity contribution < 1.29 is 5.11 Å². The van der Waals surface area contributed by atoms with Gasteiger partial charge in [-0.1, -0.05) is 62.4 Å². The summed E-state index contributed by atoms with van der Waals surface area (Å²) in [5.41, 5.74) is 3.30. The Morgan fingerprint density at radius 1 is 0.966 bits per heavy atom. The third kappa shape index (κ3) is 4.44. The molecular weight excluding hydrogens is 358 g/mol. The standard InChI is InChI=1S/C25H31N3O/c1-3-22(29)17-19-9-11-20(12-10-19)24-18-21-7-5-6-8-23(21)25(26-24)28-15-13-27(4-2)14-16-28/h5-12,18,22,29H,3-4,13-17H2,1-2H3. The molecule has 4 heteroatoms. The number of aliphatic hydroxyl groups excluding tert-OH is 1. The fraction of sp³-hybridized carbons (Fsp3) is 0.400. The molecule has 2 heterocycles. The Bertz CT molecular complexity index is 946. The Labute approximate surface area is 173 Å². The fourth-order valence-corrected chi connectivity index (χ4v) is 4.07. The number of piperazine rings is 1. The van der Waals surface area contributed by atoms with Crippen LogP contribution in [0, 0.1) is 0 Å². The number of likely N-dealkylation sites (N-methyl/N-ethyl adjacent to an activating group) is 1. The smallest absolute Gasteiger partial charge is 0.137 e. The van der Waals surface area contributed by atoms with E-state index in [1.807, 2.05) is 6.92 Å². The van der Waals surface area contributed by atoms with Gasteiger partial charge in [-0.15, -0.1) is 0 Å². The van der Waals surface area contributed by atoms with Crippen molar-refractivity contribution in [3.05, 3.63) is 60.2 Å². The number of aromatic nitrogens is 1. The molecule has 1 saturated heterocycles. The van der Waals surface area contributed by atoms with Gasteiger partial charge in [0.2, 0.25) is 0 Å². The van der Waals surface area contributed by atoms with Crippen LogP contribution in [-0.4, -0.2) is 53.8 Å². The summed E-state index contributed by atoms with van der Waals surface area (Å²) in [6.07, 6.45) is 1.21. The monoisotopic (exact) mass is 389 g/mol. The molecule has 1 unspecified atom stereocenters. The molecule has 1 aliphatic heterocycles. The Morgan fingerprint density at radius 3 is 2.38 bits per heavy atom. The van der Waals surface area contributed by atoms with Crippen LogP contribution in [0.4, 0.5) is 5.82 Å². The van der Waals surface area contributed by atoms with Crippen molar-refractivity contribution >= 4 is 16.6 Å². The predicted octanol–water partition coefficient (Wildman–Crippen LogP) is 4.36. The molecule has 0 radical (unpaired) electrons. The first-order chi connectivity index (χ1) is 14.2. The van der Waals surface area contributed by atoms with Crippen molar-refractivity contribution in [3.8, 4) is 11.3 Å². The lowest BCUT2D eigenvalue weighted by atomic mass is 10.0. The molecule has 1 atom stereocenters. The number of aliphatic hydroxyl groups is 1. The van der Waals surface area contributed by atoms with E-state index in [0.717, 1.165) is 56.2 Å². The minimum absolute atomic E-state index is 0.270. The Hall–Kier alpha value is -2.43. The molecule has 152 valence electrons. The number of hydrogen-bond acceptors (Lipinski definition) is 4. The summed E-state index contributed by atoms with van der Waals surface area (Å²) in [4.78, 5) is 10.0. The highest BCUT2D eigenvalue weighted by atomic mass is 16.3. The van der Waals surface area contributed by atoms with Gasteiger partial charge in [0, 0.05) is 37.1 Å². The molecule has 1 fully saturated rings. The van der Waals surface area contributed by atoms with E-state index >= 15 is 0 Å². The van der Waals surface area contributed by atoms with Crippen LogP contribution >= 0.6 is 0 Å². The van der Waals surface area contributed by atoms with Gasteiger partial charge in [-0.25, -0.2) is 4.98 Å². The van der Waals surface area contributed by atoms with Crippen molar-refractivity contribution in [2.45, 2.75) is 32.8 Å². The molecule has 1 aromatic heterocycles. The van der Waals surface area contributed by atoms with Crippen molar-refractivity contribution in [1.29, 1.82) is 0 Å². The van der Waals surface area contributed by atoms with Gasteiger partial charge in [-0.05, 0) is 36.4 Å². The highest BCUT2D eigenvalue weighted by Gasteiger charge is 2.19. The van der Waals surface area contributed by atoms with Gasteiger partial charge >= 0.3 is 0 Å². The van der Waals surface area contributed by atoms with Crippen LogP contribution in [0.5, 0.6) is 0 Å². The summed E-state index contributed by atoms with van der Waals surface area (Å²) in [6.45, 7) is 9.56. The number of benzene rings is 2. The molecule has 3 aromatic rings. The Balaban J connectivity index is 1.67. The van der Waals surface area contributed by atoms with Crippen LogP contribution in [0.15, 0.2) is 54.6 Å². The molecular formula is C25H31N3O. The van der Waals surface area contributed by atoms with Crippen molar-refractivity contribution in [2.24, 2.45) is 0 Å². The summed E-state index contributed by atoms with van der Waals surface area (Å²) < 4.78 is 0. The second-order valence-corrected chi connectivity index (χ2v) is 7.94. The van der Waals surface area contributed by atoms with Gasteiger partial charge < -0.3 is 14.9 Å². The lowest BCUT2D eigenvalue weighted by molar-refractivity contribution is 0.171. The van der Waals surface area contributed by atoms with E-state index in [1.165, 1.54) is 16.3 Å². The van der Waals surface area contributed by atoms with Gasteiger partial charge in [-0.2, -0.15) is 0 Å². The first-order valence-corrected chi connectivity index (χ1v) is 10.8. The summed E-state index contributed by atoms with van der Waals surface area (Å²) in [5.74, 6) is 1.10. The lowest BCUT2D eigenvalue weighted by Crippen LogP contribution is -2.46. The lowest BCUT2D eigenvalue weighted by Gasteiger charge is -2.35. The Morgan fingerprint density at radius 2 is 1.69 bits per heavy atom. The van der Waals surface area contributed by atoms with Gasteiger partial charge in [0.25, 0.3) is 0 Å². The van der Waals surface area contributed by atoms with E-state index in [0.29, 0.717) is 6.42 Å². The van der Waals surface area contributed by atoms with Gasteiger partial charge in [0.1, 0.15) is 5.82 Å². The van der Waals surface area contributed by atoms with Crippen molar-refractivity contribution in [3.63, 3.8) is 0 Å². The number of nitrogens with zero attached hydrogens (tertiary/aromatic N) is 3. The predicted molar refractivity (Wildman–Crippen MR) is 122 cm³/mol. The zero-order chi connectivity index (χ0) is 20.2. The summed E-state index contributed by atoms with van der Waals surface area (Å²) in [5, 5.41) is 12.4. The maximum atomic E-state index is 9.91. The van der Waals surface area contributed by atoms with Gasteiger partial charge in [0.15, 0.2) is 0 Å². The van der Waals surface area contributed by atoms with E-state index in [-0.39, 0.29) is 6.10 Å². The molecule has 1 N–H and O–H groups in total. The molecule has 0 bridgehead atoms. The van der Waals surface area contributed by atoms with Crippen LogP contribution in [0.3, 0.4) is 0 Å². The van der Waals surface area contributed by atoms with Crippen molar-refractivity contribution in [2.75, 3.05) is 37.6 Å². The average molecular weight is 390 g/mol. The molecule has 1 aliphatic rings. The molecule has 2 aromatic carbocycles. The number of fused-ring (bicyclic) bond motifs is 1. The zero-order valence-electron chi connectivity index (χ0n) is 17.5. The zero-order valence-corrected chi connectivity index (χ0v) is 17.5. The van der Waals surface area contributed by atoms with E-state index in [2.05, 4.69) is 71.3 Å². The average Bonchev–Trinajstić information content (AvgIpc) is 2.79. The first-order valence-electron chi connectivity index (χ1n) is 10.8. The van der Waals surface area contributed by atoms with E-state index < -0.39 is 0 Å². The van der Waals surface area contributed by atoms with E-state index in [1.54, 1.807) is 0 Å². The molecule has 0 spiro atoms. The van der Waals surface area contributed by atoms with Gasteiger partial charge in [0.05, 0.1) is 11.8 Å². The number of rotatable bonds is 6. The minimum Gasteiger partial charge on any atom is -0.393 e.